The van der Waals surface area contributed by atoms with Crippen LogP contribution in [-0.2, 0) is 0 Å². The van der Waals surface area contributed by atoms with Crippen LogP contribution in [0.3, 0.4) is 0 Å². The molecule has 0 fully saturated rings. The lowest BCUT2D eigenvalue weighted by Crippen LogP contribution is -2.06. The highest BCUT2D eigenvalue weighted by Crippen LogP contribution is 2.28. The third-order valence-electron chi connectivity index (χ3n) is 2.82. The second-order valence-electron chi connectivity index (χ2n) is 4.14. The van der Waals surface area contributed by atoms with E-state index in [1.807, 2.05) is 30.5 Å². The molecule has 0 saturated heterocycles. The lowest BCUT2D eigenvalue weighted by molar-refractivity contribution is 0.874. The van der Waals surface area contributed by atoms with Gasteiger partial charge in [0.15, 0.2) is 5.13 Å². The van der Waals surface area contributed by atoms with E-state index in [1.54, 1.807) is 17.5 Å². The Bertz CT molecular complexity index is 615. The summed E-state index contributed by atoms with van der Waals surface area (Å²) in [6.45, 7) is 2.11. The molecule has 0 saturated carbocycles. The standard InChI is InChI=1S/C14H13N3S/c1-10(11-5-4-8-15-9-11)16-14-17-12-6-2-3-7-13(12)18-14/h2-10H,1H3,(H,16,17). The van der Waals surface area contributed by atoms with Crippen LogP contribution in [-0.4, -0.2) is 9.97 Å². The van der Waals surface area contributed by atoms with Gasteiger partial charge in [0.2, 0.25) is 0 Å². The molecular weight excluding hydrogens is 242 g/mol. The summed E-state index contributed by atoms with van der Waals surface area (Å²) in [6, 6.07) is 12.4. The summed E-state index contributed by atoms with van der Waals surface area (Å²) >= 11 is 1.68. The second-order valence-corrected chi connectivity index (χ2v) is 5.17. The molecule has 2 heterocycles. The molecule has 1 aromatic carbocycles. The lowest BCUT2D eigenvalue weighted by Gasteiger charge is -2.12. The molecule has 0 aliphatic heterocycles. The molecule has 1 unspecified atom stereocenters. The summed E-state index contributed by atoms with van der Waals surface area (Å²) in [5, 5.41) is 4.37. The summed E-state index contributed by atoms with van der Waals surface area (Å²) in [4.78, 5) is 8.70. The minimum Gasteiger partial charge on any atom is -0.355 e. The Hall–Kier alpha value is -1.94. The summed E-state index contributed by atoms with van der Waals surface area (Å²) < 4.78 is 1.21. The molecule has 4 heteroatoms. The number of benzene rings is 1. The first-order valence-electron chi connectivity index (χ1n) is 5.85. The van der Waals surface area contributed by atoms with Crippen molar-refractivity contribution in [2.45, 2.75) is 13.0 Å². The number of rotatable bonds is 3. The van der Waals surface area contributed by atoms with Gasteiger partial charge in [-0.05, 0) is 30.7 Å². The van der Waals surface area contributed by atoms with E-state index in [9.17, 15) is 0 Å². The van der Waals surface area contributed by atoms with Crippen molar-refractivity contribution in [2.75, 3.05) is 5.32 Å². The summed E-state index contributed by atoms with van der Waals surface area (Å²) in [5.41, 5.74) is 2.21. The van der Waals surface area contributed by atoms with Crippen LogP contribution in [0.4, 0.5) is 5.13 Å². The molecular formula is C14H13N3S. The van der Waals surface area contributed by atoms with Gasteiger partial charge in [-0.25, -0.2) is 4.98 Å². The summed E-state index contributed by atoms with van der Waals surface area (Å²) in [7, 11) is 0. The van der Waals surface area contributed by atoms with Crippen LogP contribution in [0, 0.1) is 0 Å². The summed E-state index contributed by atoms with van der Waals surface area (Å²) in [6.07, 6.45) is 3.67. The number of fused-ring (bicyclic) bond motifs is 1. The van der Waals surface area contributed by atoms with Crippen molar-refractivity contribution in [3.05, 3.63) is 54.4 Å². The number of pyridine rings is 1. The van der Waals surface area contributed by atoms with Crippen molar-refractivity contribution in [2.24, 2.45) is 0 Å². The Balaban J connectivity index is 1.84. The number of anilines is 1. The van der Waals surface area contributed by atoms with Crippen molar-refractivity contribution < 1.29 is 0 Å². The van der Waals surface area contributed by atoms with Crippen molar-refractivity contribution in [1.29, 1.82) is 0 Å². The Morgan fingerprint density at radius 1 is 1.17 bits per heavy atom. The first-order valence-corrected chi connectivity index (χ1v) is 6.66. The lowest BCUT2D eigenvalue weighted by atomic mass is 10.1. The van der Waals surface area contributed by atoms with Crippen molar-refractivity contribution in [3.63, 3.8) is 0 Å². The van der Waals surface area contributed by atoms with Gasteiger partial charge >= 0.3 is 0 Å². The minimum atomic E-state index is 0.208. The number of nitrogens with one attached hydrogen (secondary N) is 1. The van der Waals surface area contributed by atoms with Crippen LogP contribution in [0.1, 0.15) is 18.5 Å². The molecule has 18 heavy (non-hydrogen) atoms. The Morgan fingerprint density at radius 3 is 2.83 bits per heavy atom. The number of aromatic nitrogens is 2. The molecule has 2 aromatic heterocycles. The molecule has 3 aromatic rings. The second kappa shape index (κ2) is 4.74. The highest BCUT2D eigenvalue weighted by molar-refractivity contribution is 7.22. The molecule has 3 rings (SSSR count). The van der Waals surface area contributed by atoms with Crippen molar-refractivity contribution >= 4 is 26.7 Å². The van der Waals surface area contributed by atoms with Gasteiger partial charge in [-0.2, -0.15) is 0 Å². The normalized spacial score (nSPS) is 12.5. The Labute approximate surface area is 110 Å². The van der Waals surface area contributed by atoms with Crippen molar-refractivity contribution in [1.82, 2.24) is 9.97 Å². The molecule has 3 nitrogen and oxygen atoms in total. The average Bonchev–Trinajstić information content (AvgIpc) is 2.82. The highest BCUT2D eigenvalue weighted by atomic mass is 32.1. The molecule has 0 amide bonds. The Morgan fingerprint density at radius 2 is 2.06 bits per heavy atom. The van der Waals surface area contributed by atoms with Gasteiger partial charge in [-0.1, -0.05) is 29.5 Å². The fraction of sp³-hybridized carbons (Fsp3) is 0.143. The predicted molar refractivity (Wildman–Crippen MR) is 75.9 cm³/mol. The monoisotopic (exact) mass is 255 g/mol. The SMILES string of the molecule is CC(Nc1nc2ccccc2s1)c1cccnc1. The molecule has 0 spiro atoms. The van der Waals surface area contributed by atoms with Gasteiger partial charge in [0, 0.05) is 12.4 Å². The van der Waals surface area contributed by atoms with Gasteiger partial charge in [-0.3, -0.25) is 4.98 Å². The van der Waals surface area contributed by atoms with E-state index in [2.05, 4.69) is 34.3 Å². The van der Waals surface area contributed by atoms with E-state index in [4.69, 9.17) is 0 Å². The van der Waals surface area contributed by atoms with E-state index in [0.29, 0.717) is 0 Å². The smallest absolute Gasteiger partial charge is 0.184 e. The molecule has 1 atom stereocenters. The topological polar surface area (TPSA) is 37.8 Å². The molecule has 90 valence electrons. The average molecular weight is 255 g/mol. The first kappa shape index (κ1) is 11.2. The largest absolute Gasteiger partial charge is 0.355 e. The van der Waals surface area contributed by atoms with Crippen molar-refractivity contribution in [3.8, 4) is 0 Å². The number of thiazole rings is 1. The van der Waals surface area contributed by atoms with Gasteiger partial charge in [0.05, 0.1) is 16.3 Å². The molecule has 0 aliphatic carbocycles. The molecule has 0 aliphatic rings. The van der Waals surface area contributed by atoms with E-state index in [0.717, 1.165) is 16.2 Å². The van der Waals surface area contributed by atoms with Crippen LogP contribution in [0.25, 0.3) is 10.2 Å². The zero-order valence-corrected chi connectivity index (χ0v) is 10.8. The van der Waals surface area contributed by atoms with Crippen LogP contribution in [0.15, 0.2) is 48.8 Å². The number of hydrogen-bond acceptors (Lipinski definition) is 4. The fourth-order valence-electron chi connectivity index (χ4n) is 1.83. The number of para-hydroxylation sites is 1. The van der Waals surface area contributed by atoms with Crippen LogP contribution in [0.5, 0.6) is 0 Å². The van der Waals surface area contributed by atoms with Gasteiger partial charge in [0.25, 0.3) is 0 Å². The molecule has 1 N–H and O–H groups in total. The molecule has 0 radical (unpaired) electrons. The van der Waals surface area contributed by atoms with E-state index >= 15 is 0 Å². The van der Waals surface area contributed by atoms with Crippen LogP contribution in [0.2, 0.25) is 0 Å². The fourth-order valence-corrected chi connectivity index (χ4v) is 2.79. The number of nitrogens with zero attached hydrogens (tertiary/aromatic N) is 2. The summed E-state index contributed by atoms with van der Waals surface area (Å²) in [5.74, 6) is 0. The molecule has 0 bridgehead atoms. The predicted octanol–water partition coefficient (Wildman–Crippen LogP) is 3.86. The third-order valence-corrected chi connectivity index (χ3v) is 3.79. The van der Waals surface area contributed by atoms with Gasteiger partial charge < -0.3 is 5.32 Å². The maximum Gasteiger partial charge on any atom is 0.184 e. The zero-order valence-electron chi connectivity index (χ0n) is 10.00. The van der Waals surface area contributed by atoms with E-state index < -0.39 is 0 Å². The maximum atomic E-state index is 4.57. The third kappa shape index (κ3) is 2.19. The Kier molecular flexibility index (Phi) is 2.94. The van der Waals surface area contributed by atoms with Crippen LogP contribution >= 0.6 is 11.3 Å². The maximum absolute atomic E-state index is 4.57. The van der Waals surface area contributed by atoms with Crippen LogP contribution < -0.4 is 5.32 Å². The minimum absolute atomic E-state index is 0.208. The van der Waals surface area contributed by atoms with E-state index in [1.165, 1.54) is 4.70 Å². The number of hydrogen-bond donors (Lipinski definition) is 1. The van der Waals surface area contributed by atoms with Gasteiger partial charge in [-0.15, -0.1) is 0 Å². The zero-order chi connectivity index (χ0) is 12.4. The quantitative estimate of drug-likeness (QED) is 0.772. The van der Waals surface area contributed by atoms with Gasteiger partial charge in [0.1, 0.15) is 0 Å². The van der Waals surface area contributed by atoms with E-state index in [-0.39, 0.29) is 6.04 Å². The highest BCUT2D eigenvalue weighted by Gasteiger charge is 2.08. The first-order chi connectivity index (χ1) is 8.83.